The van der Waals surface area contributed by atoms with Crippen LogP contribution in [0.2, 0.25) is 0 Å². The van der Waals surface area contributed by atoms with Gasteiger partial charge in [0.2, 0.25) is 0 Å². The molecule has 4 rings (SSSR count). The van der Waals surface area contributed by atoms with E-state index in [1.54, 1.807) is 24.3 Å². The summed E-state index contributed by atoms with van der Waals surface area (Å²) in [4.78, 5) is 54.8. The molecule has 2 heterocycles. The van der Waals surface area contributed by atoms with E-state index in [9.17, 15) is 19.2 Å². The van der Waals surface area contributed by atoms with Crippen molar-refractivity contribution in [2.45, 2.75) is 104 Å². The van der Waals surface area contributed by atoms with Crippen LogP contribution in [0.15, 0.2) is 24.3 Å². The second kappa shape index (κ2) is 13.8. The van der Waals surface area contributed by atoms with Crippen LogP contribution in [0, 0.1) is 0 Å². The quantitative estimate of drug-likeness (QED) is 0.174. The summed E-state index contributed by atoms with van der Waals surface area (Å²) in [5, 5.41) is 1.95. The number of imide groups is 2. The SMILES string of the molecule is CCCCCCCCCNN1C(=O)c2ccc3c4c(ccc(c24)C1=O)C(=O)N(CCCCCCCCC)C3=O. The third kappa shape index (κ3) is 6.24. The summed E-state index contributed by atoms with van der Waals surface area (Å²) in [6.45, 7) is 5.30. The lowest BCUT2D eigenvalue weighted by atomic mass is 9.86. The van der Waals surface area contributed by atoms with E-state index >= 15 is 0 Å². The average molecular weight is 534 g/mol. The number of unbranched alkanes of at least 4 members (excludes halogenated alkanes) is 12. The fraction of sp³-hybridized carbons (Fsp3) is 0.562. The van der Waals surface area contributed by atoms with Gasteiger partial charge in [0, 0.05) is 35.0 Å². The van der Waals surface area contributed by atoms with Crippen molar-refractivity contribution in [1.29, 1.82) is 0 Å². The van der Waals surface area contributed by atoms with Gasteiger partial charge in [0.1, 0.15) is 0 Å². The summed E-state index contributed by atoms with van der Waals surface area (Å²) in [5.74, 6) is -1.57. The van der Waals surface area contributed by atoms with Crippen LogP contribution >= 0.6 is 0 Å². The largest absolute Gasteiger partial charge is 0.275 e. The molecule has 7 nitrogen and oxygen atoms in total. The molecule has 0 radical (unpaired) electrons. The van der Waals surface area contributed by atoms with Gasteiger partial charge in [-0.3, -0.25) is 24.1 Å². The predicted octanol–water partition coefficient (Wildman–Crippen LogP) is 7.04. The zero-order valence-electron chi connectivity index (χ0n) is 23.7. The van der Waals surface area contributed by atoms with Crippen molar-refractivity contribution in [3.05, 3.63) is 46.5 Å². The summed E-state index contributed by atoms with van der Waals surface area (Å²) in [6, 6.07) is 6.53. The lowest BCUT2D eigenvalue weighted by Crippen LogP contribution is -2.50. The van der Waals surface area contributed by atoms with Crippen LogP contribution in [-0.2, 0) is 0 Å². The Morgan fingerprint density at radius 2 is 0.897 bits per heavy atom. The molecule has 2 aliphatic heterocycles. The van der Waals surface area contributed by atoms with Crippen LogP contribution in [0.4, 0.5) is 0 Å². The number of benzene rings is 2. The van der Waals surface area contributed by atoms with Crippen molar-refractivity contribution in [2.24, 2.45) is 0 Å². The van der Waals surface area contributed by atoms with Crippen molar-refractivity contribution in [3.63, 3.8) is 0 Å². The smallest absolute Gasteiger partial charge is 0.274 e. The standard InChI is InChI=1S/C32H43N3O4/c1-3-5-7-9-11-13-15-21-33-35-31(38)25-19-17-23-27-24(18-20-26(28(25)27)32(35)39)30(37)34(29(23)36)22-16-14-12-10-8-6-4-2/h17-20,33H,3-16,21-22H2,1-2H3. The maximum atomic E-state index is 13.4. The van der Waals surface area contributed by atoms with Crippen molar-refractivity contribution in [1.82, 2.24) is 15.3 Å². The predicted molar refractivity (Wildman–Crippen MR) is 154 cm³/mol. The molecule has 2 aromatic carbocycles. The number of rotatable bonds is 17. The number of nitrogens with zero attached hydrogens (tertiary/aromatic N) is 2. The number of hydrogen-bond donors (Lipinski definition) is 1. The Balaban J connectivity index is 1.44. The van der Waals surface area contributed by atoms with Crippen molar-refractivity contribution in [2.75, 3.05) is 13.1 Å². The van der Waals surface area contributed by atoms with E-state index in [4.69, 9.17) is 0 Å². The first-order chi connectivity index (χ1) is 19.0. The molecule has 0 spiro atoms. The molecule has 0 bridgehead atoms. The Hall–Kier alpha value is -3.06. The summed E-state index contributed by atoms with van der Waals surface area (Å²) in [6.07, 6.45) is 15.7. The molecular weight excluding hydrogens is 490 g/mol. The van der Waals surface area contributed by atoms with Gasteiger partial charge in [0.15, 0.2) is 0 Å². The zero-order chi connectivity index (χ0) is 27.8. The second-order valence-corrected chi connectivity index (χ2v) is 10.9. The van der Waals surface area contributed by atoms with E-state index in [0.29, 0.717) is 46.1 Å². The van der Waals surface area contributed by atoms with E-state index in [1.807, 2.05) is 0 Å². The van der Waals surface area contributed by atoms with Gasteiger partial charge in [-0.25, -0.2) is 10.4 Å². The maximum absolute atomic E-state index is 13.4. The fourth-order valence-electron chi connectivity index (χ4n) is 5.77. The molecule has 2 aromatic rings. The van der Waals surface area contributed by atoms with Gasteiger partial charge in [-0.1, -0.05) is 90.9 Å². The third-order valence-corrected chi connectivity index (χ3v) is 8.01. The first kappa shape index (κ1) is 28.9. The van der Waals surface area contributed by atoms with Crippen LogP contribution in [0.3, 0.4) is 0 Å². The molecule has 0 unspecified atom stereocenters. The van der Waals surface area contributed by atoms with Gasteiger partial charge in [0.05, 0.1) is 11.1 Å². The van der Waals surface area contributed by atoms with Crippen LogP contribution in [0.1, 0.15) is 145 Å². The number of hydrazine groups is 1. The molecule has 0 aliphatic carbocycles. The summed E-state index contributed by atoms with van der Waals surface area (Å²) >= 11 is 0. The topological polar surface area (TPSA) is 86.8 Å². The lowest BCUT2D eigenvalue weighted by Gasteiger charge is -2.32. The van der Waals surface area contributed by atoms with Crippen molar-refractivity contribution < 1.29 is 19.2 Å². The molecule has 4 amide bonds. The first-order valence-corrected chi connectivity index (χ1v) is 15.1. The number of carbonyl (C=O) groups excluding carboxylic acids is 4. The van der Waals surface area contributed by atoms with Crippen LogP contribution in [0.5, 0.6) is 0 Å². The van der Waals surface area contributed by atoms with Gasteiger partial charge in [0.25, 0.3) is 23.6 Å². The molecule has 0 atom stereocenters. The van der Waals surface area contributed by atoms with Gasteiger partial charge in [-0.05, 0) is 37.1 Å². The molecule has 0 saturated carbocycles. The highest BCUT2D eigenvalue weighted by Gasteiger charge is 2.39. The Labute approximate surface area is 232 Å². The molecule has 0 saturated heterocycles. The Kier molecular flexibility index (Phi) is 10.3. The number of nitrogens with one attached hydrogen (secondary N) is 1. The third-order valence-electron chi connectivity index (χ3n) is 8.01. The highest BCUT2D eigenvalue weighted by molar-refractivity contribution is 6.33. The van der Waals surface area contributed by atoms with Crippen LogP contribution in [0.25, 0.3) is 10.8 Å². The van der Waals surface area contributed by atoms with Gasteiger partial charge in [-0.15, -0.1) is 0 Å². The van der Waals surface area contributed by atoms with E-state index < -0.39 is 11.8 Å². The molecule has 7 heteroatoms. The highest BCUT2D eigenvalue weighted by Crippen LogP contribution is 2.37. The Morgan fingerprint density at radius 3 is 1.36 bits per heavy atom. The summed E-state index contributed by atoms with van der Waals surface area (Å²) in [5.41, 5.74) is 4.49. The van der Waals surface area contributed by atoms with Crippen molar-refractivity contribution >= 4 is 34.4 Å². The van der Waals surface area contributed by atoms with E-state index in [0.717, 1.165) is 43.5 Å². The monoisotopic (exact) mass is 533 g/mol. The maximum Gasteiger partial charge on any atom is 0.275 e. The van der Waals surface area contributed by atoms with Gasteiger partial charge in [-0.2, -0.15) is 0 Å². The van der Waals surface area contributed by atoms with Crippen LogP contribution in [-0.4, -0.2) is 46.6 Å². The minimum Gasteiger partial charge on any atom is -0.274 e. The second-order valence-electron chi connectivity index (χ2n) is 10.9. The number of hydrogen-bond acceptors (Lipinski definition) is 5. The van der Waals surface area contributed by atoms with Gasteiger partial charge >= 0.3 is 0 Å². The molecule has 210 valence electrons. The fourth-order valence-corrected chi connectivity index (χ4v) is 5.77. The lowest BCUT2D eigenvalue weighted by molar-refractivity contribution is 0.0515. The van der Waals surface area contributed by atoms with E-state index in [2.05, 4.69) is 19.3 Å². The van der Waals surface area contributed by atoms with Gasteiger partial charge < -0.3 is 0 Å². The first-order valence-electron chi connectivity index (χ1n) is 15.1. The van der Waals surface area contributed by atoms with E-state index in [1.165, 1.54) is 56.3 Å². The highest BCUT2D eigenvalue weighted by atomic mass is 16.2. The minimum absolute atomic E-state index is 0.346. The molecule has 0 fully saturated rings. The summed E-state index contributed by atoms with van der Waals surface area (Å²) < 4.78 is 0. The van der Waals surface area contributed by atoms with Crippen molar-refractivity contribution in [3.8, 4) is 0 Å². The number of carbonyl (C=O) groups is 4. The molecule has 2 aliphatic rings. The zero-order valence-corrected chi connectivity index (χ0v) is 23.7. The Bertz CT molecular complexity index is 1150. The van der Waals surface area contributed by atoms with E-state index in [-0.39, 0.29) is 11.8 Å². The molecule has 39 heavy (non-hydrogen) atoms. The molecular formula is C32H43N3O4. The summed E-state index contributed by atoms with van der Waals surface area (Å²) in [7, 11) is 0. The average Bonchev–Trinajstić information content (AvgIpc) is 2.94. The minimum atomic E-state index is -0.440. The Morgan fingerprint density at radius 1 is 0.513 bits per heavy atom. The molecule has 0 aromatic heterocycles. The van der Waals surface area contributed by atoms with Crippen LogP contribution < -0.4 is 5.43 Å². The normalized spacial score (nSPS) is 14.7. The number of amides is 4. The molecule has 1 N–H and O–H groups in total.